The van der Waals surface area contributed by atoms with Gasteiger partial charge in [-0.2, -0.15) is 5.10 Å². The van der Waals surface area contributed by atoms with Crippen molar-refractivity contribution in [2.24, 2.45) is 13.0 Å². The van der Waals surface area contributed by atoms with E-state index in [1.807, 2.05) is 51.5 Å². The summed E-state index contributed by atoms with van der Waals surface area (Å²) in [7, 11) is 1.90. The summed E-state index contributed by atoms with van der Waals surface area (Å²) in [4.78, 5) is 12.7. The van der Waals surface area contributed by atoms with Gasteiger partial charge in [-0.05, 0) is 31.0 Å². The summed E-state index contributed by atoms with van der Waals surface area (Å²) in [5.41, 5.74) is 3.26. The lowest BCUT2D eigenvalue weighted by atomic mass is 9.90. The second-order valence-electron chi connectivity index (χ2n) is 6.58. The van der Waals surface area contributed by atoms with E-state index in [0.717, 1.165) is 29.0 Å². The Bertz CT molecular complexity index is 747. The highest BCUT2D eigenvalue weighted by atomic mass is 35.5. The van der Waals surface area contributed by atoms with Crippen molar-refractivity contribution in [2.45, 2.75) is 26.3 Å². The van der Waals surface area contributed by atoms with Crippen molar-refractivity contribution in [3.05, 3.63) is 47.3 Å². The van der Waals surface area contributed by atoms with Gasteiger partial charge in [-0.15, -0.1) is 12.4 Å². The average molecular weight is 379 g/mol. The van der Waals surface area contributed by atoms with E-state index in [1.54, 1.807) is 4.68 Å². The number of hydrogen-bond donors (Lipinski definition) is 2. The third kappa shape index (κ3) is 4.56. The smallest absolute Gasteiger partial charge is 0.225 e. The first-order chi connectivity index (χ1) is 12.1. The average Bonchev–Trinajstić information content (AvgIpc) is 3.22. The summed E-state index contributed by atoms with van der Waals surface area (Å²) in [6.07, 6.45) is 3.84. The van der Waals surface area contributed by atoms with Crippen LogP contribution in [0.2, 0.25) is 0 Å². The lowest BCUT2D eigenvalue weighted by Crippen LogP contribution is -2.34. The third-order valence-electron chi connectivity index (χ3n) is 4.68. The fourth-order valence-electron chi connectivity index (χ4n) is 3.35. The number of carbonyl (C=O) groups excluding carboxylic acids is 1. The van der Waals surface area contributed by atoms with Gasteiger partial charge in [0.2, 0.25) is 5.91 Å². The lowest BCUT2D eigenvalue weighted by Gasteiger charge is -2.18. The number of nitrogens with zero attached hydrogens (tertiary/aromatic N) is 2. The van der Waals surface area contributed by atoms with Crippen LogP contribution < -0.4 is 15.4 Å². The zero-order valence-corrected chi connectivity index (χ0v) is 16.3. The molecule has 0 aliphatic carbocycles. The first-order valence-electron chi connectivity index (χ1n) is 8.77. The molecule has 2 aromatic rings. The molecule has 0 radical (unpaired) electrons. The maximum Gasteiger partial charge on any atom is 0.225 e. The van der Waals surface area contributed by atoms with Crippen molar-refractivity contribution in [1.29, 1.82) is 0 Å². The number of carbonyl (C=O) groups is 1. The van der Waals surface area contributed by atoms with Crippen LogP contribution >= 0.6 is 12.4 Å². The van der Waals surface area contributed by atoms with Crippen LogP contribution in [-0.2, 0) is 18.4 Å². The minimum atomic E-state index is -0.0785. The number of halogens is 1. The molecule has 0 unspecified atom stereocenters. The van der Waals surface area contributed by atoms with E-state index in [9.17, 15) is 4.79 Å². The van der Waals surface area contributed by atoms with Gasteiger partial charge in [0.1, 0.15) is 5.75 Å². The van der Waals surface area contributed by atoms with Gasteiger partial charge < -0.3 is 15.4 Å². The molecule has 7 heteroatoms. The van der Waals surface area contributed by atoms with E-state index in [2.05, 4.69) is 15.7 Å². The molecule has 1 aliphatic rings. The van der Waals surface area contributed by atoms with E-state index in [4.69, 9.17) is 4.74 Å². The van der Waals surface area contributed by atoms with E-state index in [1.165, 1.54) is 0 Å². The summed E-state index contributed by atoms with van der Waals surface area (Å²) in [5, 5.41) is 10.6. The molecular formula is C19H27ClN4O2. The highest BCUT2D eigenvalue weighted by Gasteiger charge is 2.34. The molecule has 0 spiro atoms. The molecule has 142 valence electrons. The largest absolute Gasteiger partial charge is 0.494 e. The predicted octanol–water partition coefficient (Wildman–Crippen LogP) is 2.17. The number of benzene rings is 1. The van der Waals surface area contributed by atoms with Gasteiger partial charge >= 0.3 is 0 Å². The van der Waals surface area contributed by atoms with Crippen LogP contribution in [0, 0.1) is 12.8 Å². The summed E-state index contributed by atoms with van der Waals surface area (Å²) in [5.74, 6) is 1.00. The van der Waals surface area contributed by atoms with Gasteiger partial charge in [0, 0.05) is 44.4 Å². The molecule has 0 bridgehead atoms. The molecule has 1 aromatic heterocycles. The summed E-state index contributed by atoms with van der Waals surface area (Å²) in [6, 6.07) is 6.08. The molecule has 2 heterocycles. The molecule has 6 nitrogen and oxygen atoms in total. The predicted molar refractivity (Wildman–Crippen MR) is 104 cm³/mol. The van der Waals surface area contributed by atoms with Gasteiger partial charge in [0.25, 0.3) is 0 Å². The molecule has 2 N–H and O–H groups in total. The first-order valence-corrected chi connectivity index (χ1v) is 8.77. The van der Waals surface area contributed by atoms with E-state index in [0.29, 0.717) is 19.7 Å². The van der Waals surface area contributed by atoms with Gasteiger partial charge in [-0.25, -0.2) is 0 Å². The molecular weight excluding hydrogens is 352 g/mol. The van der Waals surface area contributed by atoms with Gasteiger partial charge in [-0.1, -0.05) is 12.1 Å². The Morgan fingerprint density at radius 3 is 2.92 bits per heavy atom. The molecule has 1 aromatic carbocycles. The van der Waals surface area contributed by atoms with Gasteiger partial charge in [0.15, 0.2) is 0 Å². The molecule has 1 amide bonds. The molecule has 1 saturated heterocycles. The van der Waals surface area contributed by atoms with Gasteiger partial charge in [0.05, 0.1) is 18.7 Å². The van der Waals surface area contributed by atoms with E-state index in [-0.39, 0.29) is 30.2 Å². The highest BCUT2D eigenvalue weighted by Crippen LogP contribution is 2.28. The minimum absolute atomic E-state index is 0. The first kappa shape index (κ1) is 20.3. The van der Waals surface area contributed by atoms with Gasteiger partial charge in [-0.3, -0.25) is 9.48 Å². The Morgan fingerprint density at radius 1 is 1.42 bits per heavy atom. The fraction of sp³-hybridized carbons (Fsp3) is 0.474. The Balaban J connectivity index is 0.00000243. The maximum absolute atomic E-state index is 12.7. The van der Waals surface area contributed by atoms with Crippen molar-refractivity contribution in [3.63, 3.8) is 0 Å². The van der Waals surface area contributed by atoms with Crippen molar-refractivity contribution >= 4 is 18.3 Å². The number of aryl methyl sites for hydroxylation is 2. The number of amides is 1. The zero-order valence-electron chi connectivity index (χ0n) is 15.5. The fourth-order valence-corrected chi connectivity index (χ4v) is 3.35. The topological polar surface area (TPSA) is 68.2 Å². The Hall–Kier alpha value is -2.05. The Kier molecular flexibility index (Phi) is 7.06. The number of rotatable bonds is 6. The van der Waals surface area contributed by atoms with Crippen LogP contribution in [0.3, 0.4) is 0 Å². The van der Waals surface area contributed by atoms with Crippen molar-refractivity contribution < 1.29 is 9.53 Å². The number of nitrogens with one attached hydrogen (secondary N) is 2. The van der Waals surface area contributed by atoms with Crippen molar-refractivity contribution in [3.8, 4) is 5.75 Å². The molecule has 1 fully saturated rings. The van der Waals surface area contributed by atoms with Crippen molar-refractivity contribution in [1.82, 2.24) is 20.4 Å². The molecule has 0 saturated carbocycles. The van der Waals surface area contributed by atoms with Crippen LogP contribution in [0.15, 0.2) is 30.6 Å². The van der Waals surface area contributed by atoms with Crippen LogP contribution in [0.25, 0.3) is 0 Å². The van der Waals surface area contributed by atoms with Crippen molar-refractivity contribution in [2.75, 3.05) is 19.7 Å². The number of aromatic nitrogens is 2. The van der Waals surface area contributed by atoms with E-state index < -0.39 is 0 Å². The lowest BCUT2D eigenvalue weighted by molar-refractivity contribution is -0.125. The van der Waals surface area contributed by atoms with Crippen LogP contribution in [-0.4, -0.2) is 35.4 Å². The Morgan fingerprint density at radius 2 is 2.23 bits per heavy atom. The standard InChI is InChI=1S/C19H26N4O2.ClH/c1-4-25-18-7-13(2)5-6-14(18)8-21-19(24)17-11-20-10-16(17)15-9-22-23(3)12-15;/h5-7,9,12,16-17,20H,4,8,10-11H2,1-3H3,(H,21,24);1H/t16-,17+;/m1./s1. The second-order valence-corrected chi connectivity index (χ2v) is 6.58. The third-order valence-corrected chi connectivity index (χ3v) is 4.68. The zero-order chi connectivity index (χ0) is 17.8. The second kappa shape index (κ2) is 9.05. The van der Waals surface area contributed by atoms with Crippen LogP contribution in [0.1, 0.15) is 29.5 Å². The minimum Gasteiger partial charge on any atom is -0.494 e. The molecule has 1 aliphatic heterocycles. The normalized spacial score (nSPS) is 19.0. The SMILES string of the molecule is CCOc1cc(C)ccc1CNC(=O)[C@H]1CNC[C@@H]1c1cnn(C)c1.Cl. The molecule has 26 heavy (non-hydrogen) atoms. The quantitative estimate of drug-likeness (QED) is 0.808. The Labute approximate surface area is 160 Å². The molecule has 3 rings (SSSR count). The number of ether oxygens (including phenoxy) is 1. The molecule has 2 atom stereocenters. The maximum atomic E-state index is 12.7. The van der Waals surface area contributed by atoms with E-state index >= 15 is 0 Å². The summed E-state index contributed by atoms with van der Waals surface area (Å²) >= 11 is 0. The summed E-state index contributed by atoms with van der Waals surface area (Å²) in [6.45, 7) is 6.59. The van der Waals surface area contributed by atoms with Crippen LogP contribution in [0.5, 0.6) is 5.75 Å². The monoisotopic (exact) mass is 378 g/mol. The summed E-state index contributed by atoms with van der Waals surface area (Å²) < 4.78 is 7.48. The number of hydrogen-bond acceptors (Lipinski definition) is 4. The van der Waals surface area contributed by atoms with Crippen LogP contribution in [0.4, 0.5) is 0 Å². The highest BCUT2D eigenvalue weighted by molar-refractivity contribution is 5.85.